The third kappa shape index (κ3) is 4.61. The fourth-order valence-corrected chi connectivity index (χ4v) is 1.93. The second-order valence-electron chi connectivity index (χ2n) is 4.97. The summed E-state index contributed by atoms with van der Waals surface area (Å²) >= 11 is 3.35. The van der Waals surface area contributed by atoms with Crippen molar-refractivity contribution in [2.45, 2.75) is 26.0 Å². The summed E-state index contributed by atoms with van der Waals surface area (Å²) in [5, 5.41) is 0. The highest BCUT2D eigenvalue weighted by molar-refractivity contribution is 9.10. The van der Waals surface area contributed by atoms with Gasteiger partial charge in [0.05, 0.1) is 6.54 Å². The Morgan fingerprint density at radius 2 is 1.85 bits per heavy atom. The van der Waals surface area contributed by atoms with Crippen molar-refractivity contribution < 1.29 is 14.3 Å². The SMILES string of the molecule is COC(C)(C)C(=O)N(CC(N)=O)Cc1ccc(Br)cc1. The Kier molecular flexibility index (Phi) is 5.71. The molecule has 1 rings (SSSR count). The number of carbonyl (C=O) groups is 2. The van der Waals surface area contributed by atoms with E-state index in [2.05, 4.69) is 15.9 Å². The zero-order valence-corrected chi connectivity index (χ0v) is 13.4. The van der Waals surface area contributed by atoms with Crippen LogP contribution in [0.2, 0.25) is 0 Å². The number of methoxy groups -OCH3 is 1. The predicted octanol–water partition coefficient (Wildman–Crippen LogP) is 1.69. The molecule has 1 aromatic carbocycles. The number of amides is 2. The fraction of sp³-hybridized carbons (Fsp3) is 0.429. The average Bonchev–Trinajstić information content (AvgIpc) is 2.39. The first-order valence-corrected chi connectivity index (χ1v) is 6.93. The van der Waals surface area contributed by atoms with Crippen LogP contribution in [-0.2, 0) is 20.9 Å². The number of ether oxygens (including phenoxy) is 1. The molecule has 0 atom stereocenters. The molecule has 0 aliphatic heterocycles. The lowest BCUT2D eigenvalue weighted by Gasteiger charge is -2.30. The highest BCUT2D eigenvalue weighted by Crippen LogP contribution is 2.16. The molecule has 0 saturated heterocycles. The van der Waals surface area contributed by atoms with Crippen LogP contribution >= 0.6 is 15.9 Å². The van der Waals surface area contributed by atoms with Crippen molar-refractivity contribution in [3.63, 3.8) is 0 Å². The van der Waals surface area contributed by atoms with Crippen LogP contribution in [0.4, 0.5) is 0 Å². The summed E-state index contributed by atoms with van der Waals surface area (Å²) in [4.78, 5) is 24.9. The molecule has 0 unspecified atom stereocenters. The second kappa shape index (κ2) is 6.85. The molecule has 2 N–H and O–H groups in total. The van der Waals surface area contributed by atoms with Gasteiger partial charge in [0.25, 0.3) is 5.91 Å². The minimum absolute atomic E-state index is 0.137. The summed E-state index contributed by atoms with van der Waals surface area (Å²) in [6.45, 7) is 3.49. The number of hydrogen-bond donors (Lipinski definition) is 1. The number of hydrogen-bond acceptors (Lipinski definition) is 3. The van der Waals surface area contributed by atoms with E-state index in [-0.39, 0.29) is 12.5 Å². The van der Waals surface area contributed by atoms with E-state index in [0.717, 1.165) is 10.0 Å². The summed E-state index contributed by atoms with van der Waals surface area (Å²) in [5.74, 6) is -0.830. The zero-order valence-electron chi connectivity index (χ0n) is 11.9. The van der Waals surface area contributed by atoms with Gasteiger partial charge in [-0.2, -0.15) is 0 Å². The van der Waals surface area contributed by atoms with Crippen molar-refractivity contribution in [1.29, 1.82) is 0 Å². The van der Waals surface area contributed by atoms with Crippen LogP contribution in [0.3, 0.4) is 0 Å². The van der Waals surface area contributed by atoms with E-state index in [1.54, 1.807) is 13.8 Å². The Bertz CT molecular complexity index is 486. The van der Waals surface area contributed by atoms with Crippen molar-refractivity contribution in [1.82, 2.24) is 4.90 Å². The van der Waals surface area contributed by atoms with Crippen molar-refractivity contribution in [3.8, 4) is 0 Å². The molecule has 0 saturated carbocycles. The number of nitrogens with two attached hydrogens (primary N) is 1. The predicted molar refractivity (Wildman–Crippen MR) is 79.8 cm³/mol. The number of rotatable bonds is 6. The molecule has 0 aromatic heterocycles. The van der Waals surface area contributed by atoms with Gasteiger partial charge in [-0.1, -0.05) is 28.1 Å². The first-order chi connectivity index (χ1) is 9.26. The highest BCUT2D eigenvalue weighted by atomic mass is 79.9. The average molecular weight is 343 g/mol. The van der Waals surface area contributed by atoms with Gasteiger partial charge in [0.2, 0.25) is 5.91 Å². The summed E-state index contributed by atoms with van der Waals surface area (Å²) < 4.78 is 6.12. The van der Waals surface area contributed by atoms with Crippen LogP contribution in [0.1, 0.15) is 19.4 Å². The molecular weight excluding hydrogens is 324 g/mol. The van der Waals surface area contributed by atoms with Gasteiger partial charge in [0, 0.05) is 18.1 Å². The molecule has 0 spiro atoms. The Balaban J connectivity index is 2.92. The van der Waals surface area contributed by atoms with Crippen molar-refractivity contribution in [2.75, 3.05) is 13.7 Å². The number of carbonyl (C=O) groups excluding carboxylic acids is 2. The highest BCUT2D eigenvalue weighted by Gasteiger charge is 2.32. The van der Waals surface area contributed by atoms with Gasteiger partial charge in [0.15, 0.2) is 0 Å². The van der Waals surface area contributed by atoms with Crippen LogP contribution in [0.5, 0.6) is 0 Å². The maximum atomic E-state index is 12.4. The van der Waals surface area contributed by atoms with Crippen LogP contribution in [0.25, 0.3) is 0 Å². The summed E-state index contributed by atoms with van der Waals surface area (Å²) in [6.07, 6.45) is 0. The quantitative estimate of drug-likeness (QED) is 0.854. The fourth-order valence-electron chi connectivity index (χ4n) is 1.67. The third-order valence-corrected chi connectivity index (χ3v) is 3.47. The molecule has 0 aliphatic rings. The van der Waals surface area contributed by atoms with E-state index in [9.17, 15) is 9.59 Å². The van der Waals surface area contributed by atoms with Gasteiger partial charge in [0.1, 0.15) is 5.60 Å². The van der Waals surface area contributed by atoms with E-state index in [1.165, 1.54) is 12.0 Å². The maximum Gasteiger partial charge on any atom is 0.254 e. The lowest BCUT2D eigenvalue weighted by atomic mass is 10.1. The van der Waals surface area contributed by atoms with Gasteiger partial charge in [-0.3, -0.25) is 9.59 Å². The van der Waals surface area contributed by atoms with E-state index in [0.29, 0.717) is 6.54 Å². The number of primary amides is 1. The van der Waals surface area contributed by atoms with Gasteiger partial charge >= 0.3 is 0 Å². The minimum Gasteiger partial charge on any atom is -0.369 e. The third-order valence-electron chi connectivity index (χ3n) is 2.95. The molecule has 0 radical (unpaired) electrons. The van der Waals surface area contributed by atoms with Crippen molar-refractivity contribution >= 4 is 27.7 Å². The molecule has 2 amide bonds. The van der Waals surface area contributed by atoms with Gasteiger partial charge < -0.3 is 15.4 Å². The molecule has 5 nitrogen and oxygen atoms in total. The Hall–Kier alpha value is -1.40. The van der Waals surface area contributed by atoms with Gasteiger partial charge in [-0.05, 0) is 31.5 Å². The van der Waals surface area contributed by atoms with E-state index in [1.807, 2.05) is 24.3 Å². The first-order valence-electron chi connectivity index (χ1n) is 6.13. The van der Waals surface area contributed by atoms with Crippen molar-refractivity contribution in [2.24, 2.45) is 5.73 Å². The first kappa shape index (κ1) is 16.7. The summed E-state index contributed by atoms with van der Waals surface area (Å²) in [5.41, 5.74) is 5.13. The Morgan fingerprint density at radius 1 is 1.30 bits per heavy atom. The van der Waals surface area contributed by atoms with Crippen molar-refractivity contribution in [3.05, 3.63) is 34.3 Å². The molecule has 1 aromatic rings. The van der Waals surface area contributed by atoms with Gasteiger partial charge in [-0.15, -0.1) is 0 Å². The summed E-state index contributed by atoms with van der Waals surface area (Å²) in [7, 11) is 1.46. The van der Waals surface area contributed by atoms with Crippen LogP contribution < -0.4 is 5.73 Å². The largest absolute Gasteiger partial charge is 0.369 e. The van der Waals surface area contributed by atoms with Crippen LogP contribution in [0.15, 0.2) is 28.7 Å². The molecule has 6 heteroatoms. The maximum absolute atomic E-state index is 12.4. The van der Waals surface area contributed by atoms with E-state index >= 15 is 0 Å². The molecule has 0 fully saturated rings. The molecule has 0 heterocycles. The van der Waals surface area contributed by atoms with Crippen LogP contribution in [-0.4, -0.2) is 36.0 Å². The standard InChI is InChI=1S/C14H19BrN2O3/c1-14(2,20-3)13(19)17(9-12(16)18)8-10-4-6-11(15)7-5-10/h4-7H,8-9H2,1-3H3,(H2,16,18). The van der Waals surface area contributed by atoms with E-state index in [4.69, 9.17) is 10.5 Å². The monoisotopic (exact) mass is 342 g/mol. The summed E-state index contributed by atoms with van der Waals surface area (Å²) in [6, 6.07) is 7.52. The number of nitrogens with zero attached hydrogens (tertiary/aromatic N) is 1. The molecule has 20 heavy (non-hydrogen) atoms. The number of benzene rings is 1. The normalized spacial score (nSPS) is 11.2. The smallest absolute Gasteiger partial charge is 0.254 e. The molecule has 110 valence electrons. The Labute approximate surface area is 127 Å². The Morgan fingerprint density at radius 3 is 2.30 bits per heavy atom. The molecule has 0 aliphatic carbocycles. The van der Waals surface area contributed by atoms with Crippen LogP contribution in [0, 0.1) is 0 Å². The lowest BCUT2D eigenvalue weighted by Crippen LogP contribution is -2.48. The molecular formula is C14H19BrN2O3. The second-order valence-corrected chi connectivity index (χ2v) is 5.88. The zero-order chi connectivity index (χ0) is 15.3. The minimum atomic E-state index is -0.995. The van der Waals surface area contributed by atoms with Gasteiger partial charge in [-0.25, -0.2) is 0 Å². The van der Waals surface area contributed by atoms with E-state index < -0.39 is 11.5 Å². The topological polar surface area (TPSA) is 72.6 Å². The molecule has 0 bridgehead atoms. The number of halogens is 1. The lowest BCUT2D eigenvalue weighted by molar-refractivity contribution is -0.153.